The van der Waals surface area contributed by atoms with Gasteiger partial charge in [0, 0.05) is 25.1 Å². The highest BCUT2D eigenvalue weighted by Crippen LogP contribution is 2.26. The number of carbonyl (C=O) groups excluding carboxylic acids is 2. The van der Waals surface area contributed by atoms with Crippen molar-refractivity contribution in [2.75, 3.05) is 0 Å². The van der Waals surface area contributed by atoms with Gasteiger partial charge < -0.3 is 10.6 Å². The zero-order chi connectivity index (χ0) is 19.3. The predicted octanol–water partition coefficient (Wildman–Crippen LogP) is 2.82. The molecule has 1 fully saturated rings. The van der Waals surface area contributed by atoms with E-state index in [4.69, 9.17) is 0 Å². The Balaban J connectivity index is 1.25. The van der Waals surface area contributed by atoms with Gasteiger partial charge in [0.05, 0.1) is 12.6 Å². The van der Waals surface area contributed by atoms with Crippen LogP contribution in [0.2, 0.25) is 0 Å². The second-order valence-corrected chi connectivity index (χ2v) is 8.05. The van der Waals surface area contributed by atoms with Crippen LogP contribution in [0.3, 0.4) is 0 Å². The maximum absolute atomic E-state index is 12.3. The van der Waals surface area contributed by atoms with Gasteiger partial charge in [-0.25, -0.2) is 0 Å². The number of nitrogens with zero attached hydrogens (tertiary/aromatic N) is 2. The first-order chi connectivity index (χ1) is 13.7. The van der Waals surface area contributed by atoms with E-state index in [9.17, 15) is 9.59 Å². The number of carbonyl (C=O) groups is 2. The Hall–Kier alpha value is -2.63. The molecular formula is C22H28N4O2. The summed E-state index contributed by atoms with van der Waals surface area (Å²) in [7, 11) is 0. The second kappa shape index (κ2) is 8.59. The number of hydrogen-bond donors (Lipinski definition) is 2. The largest absolute Gasteiger partial charge is 0.351 e. The van der Waals surface area contributed by atoms with Crippen molar-refractivity contribution in [3.8, 4) is 0 Å². The fraction of sp³-hybridized carbons (Fsp3) is 0.500. The summed E-state index contributed by atoms with van der Waals surface area (Å²) >= 11 is 0. The van der Waals surface area contributed by atoms with Crippen molar-refractivity contribution >= 4 is 11.8 Å². The summed E-state index contributed by atoms with van der Waals surface area (Å²) in [5.74, 6) is 0.541. The molecule has 2 aromatic rings. The lowest BCUT2D eigenvalue weighted by molar-refractivity contribution is -0.122. The molecule has 2 N–H and O–H groups in total. The fourth-order valence-electron chi connectivity index (χ4n) is 4.32. The monoisotopic (exact) mass is 380 g/mol. The molecular weight excluding hydrogens is 352 g/mol. The molecule has 148 valence electrons. The maximum Gasteiger partial charge on any atom is 0.272 e. The van der Waals surface area contributed by atoms with Crippen LogP contribution < -0.4 is 10.6 Å². The molecule has 2 heterocycles. The van der Waals surface area contributed by atoms with Gasteiger partial charge in [-0.1, -0.05) is 49.6 Å². The summed E-state index contributed by atoms with van der Waals surface area (Å²) in [6.45, 7) is 1.12. The molecule has 0 saturated heterocycles. The van der Waals surface area contributed by atoms with E-state index in [0.717, 1.165) is 17.7 Å². The van der Waals surface area contributed by atoms with Gasteiger partial charge in [-0.2, -0.15) is 5.10 Å². The van der Waals surface area contributed by atoms with Crippen LogP contribution in [0.5, 0.6) is 0 Å². The zero-order valence-corrected chi connectivity index (χ0v) is 16.2. The third kappa shape index (κ3) is 4.61. The molecule has 6 nitrogen and oxygen atoms in total. The third-order valence-corrected chi connectivity index (χ3v) is 5.80. The van der Waals surface area contributed by atoms with Crippen LogP contribution >= 0.6 is 0 Å². The first kappa shape index (κ1) is 18.7. The summed E-state index contributed by atoms with van der Waals surface area (Å²) in [5.41, 5.74) is 2.51. The molecule has 6 heteroatoms. The van der Waals surface area contributed by atoms with Gasteiger partial charge in [0.2, 0.25) is 5.91 Å². The van der Waals surface area contributed by atoms with Crippen molar-refractivity contribution in [2.45, 2.75) is 64.1 Å². The Bertz CT molecular complexity index is 801. The van der Waals surface area contributed by atoms with Crippen molar-refractivity contribution in [3.63, 3.8) is 0 Å². The highest BCUT2D eigenvalue weighted by Gasteiger charge is 2.27. The molecule has 1 aliphatic carbocycles. The quantitative estimate of drug-likeness (QED) is 0.809. The molecule has 1 aromatic heterocycles. The van der Waals surface area contributed by atoms with Gasteiger partial charge in [-0.3, -0.25) is 14.3 Å². The number of nitrogens with one attached hydrogen (secondary N) is 2. The molecule has 28 heavy (non-hydrogen) atoms. The SMILES string of the molecule is O=C(CC1CCCCC1)N[C@H]1Cc2cc(C(=O)NCc3ccccc3)nn2C1. The van der Waals surface area contributed by atoms with Crippen molar-refractivity contribution in [1.82, 2.24) is 20.4 Å². The Morgan fingerprint density at radius 2 is 1.89 bits per heavy atom. The van der Waals surface area contributed by atoms with Crippen LogP contribution in [-0.2, 0) is 24.3 Å². The van der Waals surface area contributed by atoms with Gasteiger partial charge in [0.1, 0.15) is 5.69 Å². The second-order valence-electron chi connectivity index (χ2n) is 8.05. The van der Waals surface area contributed by atoms with E-state index in [1.807, 2.05) is 41.1 Å². The maximum atomic E-state index is 12.3. The van der Waals surface area contributed by atoms with E-state index in [-0.39, 0.29) is 17.9 Å². The lowest BCUT2D eigenvalue weighted by atomic mass is 9.87. The predicted molar refractivity (Wildman–Crippen MR) is 107 cm³/mol. The number of aromatic nitrogens is 2. The summed E-state index contributed by atoms with van der Waals surface area (Å²) < 4.78 is 1.85. The first-order valence-corrected chi connectivity index (χ1v) is 10.4. The minimum absolute atomic E-state index is 0.0834. The van der Waals surface area contributed by atoms with Crippen LogP contribution in [0.4, 0.5) is 0 Å². The van der Waals surface area contributed by atoms with Gasteiger partial charge in [-0.05, 0) is 30.4 Å². The average Bonchev–Trinajstić information content (AvgIpc) is 3.26. The fourth-order valence-corrected chi connectivity index (χ4v) is 4.32. The summed E-state index contributed by atoms with van der Waals surface area (Å²) in [6, 6.07) is 11.7. The normalized spacial score (nSPS) is 19.2. The lowest BCUT2D eigenvalue weighted by Crippen LogP contribution is -2.37. The van der Waals surface area contributed by atoms with E-state index in [0.29, 0.717) is 31.1 Å². The van der Waals surface area contributed by atoms with Crippen molar-refractivity contribution < 1.29 is 9.59 Å². The van der Waals surface area contributed by atoms with E-state index in [1.54, 1.807) is 0 Å². The summed E-state index contributed by atoms with van der Waals surface area (Å²) in [5, 5.41) is 10.5. The highest BCUT2D eigenvalue weighted by atomic mass is 16.2. The number of rotatable bonds is 6. The first-order valence-electron chi connectivity index (χ1n) is 10.4. The molecule has 0 spiro atoms. The topological polar surface area (TPSA) is 76.0 Å². The van der Waals surface area contributed by atoms with Gasteiger partial charge in [0.25, 0.3) is 5.91 Å². The Kier molecular flexibility index (Phi) is 5.74. The number of hydrogen-bond acceptors (Lipinski definition) is 3. The highest BCUT2D eigenvalue weighted by molar-refractivity contribution is 5.92. The van der Waals surface area contributed by atoms with E-state index < -0.39 is 0 Å². The average molecular weight is 380 g/mol. The molecule has 4 rings (SSSR count). The molecule has 0 radical (unpaired) electrons. The molecule has 2 aliphatic rings. The van der Waals surface area contributed by atoms with Crippen LogP contribution in [-0.4, -0.2) is 27.6 Å². The van der Waals surface area contributed by atoms with Crippen LogP contribution in [0.1, 0.15) is 60.3 Å². The van der Waals surface area contributed by atoms with Crippen LogP contribution in [0.15, 0.2) is 36.4 Å². The molecule has 1 aromatic carbocycles. The van der Waals surface area contributed by atoms with Crippen molar-refractivity contribution in [2.24, 2.45) is 5.92 Å². The lowest BCUT2D eigenvalue weighted by Gasteiger charge is -2.21. The minimum Gasteiger partial charge on any atom is -0.351 e. The number of benzene rings is 1. The van der Waals surface area contributed by atoms with Gasteiger partial charge >= 0.3 is 0 Å². The Morgan fingerprint density at radius 1 is 1.11 bits per heavy atom. The van der Waals surface area contributed by atoms with E-state index in [2.05, 4.69) is 15.7 Å². The van der Waals surface area contributed by atoms with Crippen LogP contribution in [0.25, 0.3) is 0 Å². The smallest absolute Gasteiger partial charge is 0.272 e. The van der Waals surface area contributed by atoms with E-state index in [1.165, 1.54) is 32.1 Å². The van der Waals surface area contributed by atoms with Gasteiger partial charge in [0.15, 0.2) is 0 Å². The standard InChI is InChI=1S/C22H28N4O2/c27-21(11-16-7-3-1-4-8-16)24-18-12-19-13-20(25-26(19)15-18)22(28)23-14-17-9-5-2-6-10-17/h2,5-6,9-10,13,16,18H,1,3-4,7-8,11-12,14-15H2,(H,23,28)(H,24,27)/t18-/m0/s1. The molecule has 0 unspecified atom stereocenters. The Labute approximate surface area is 165 Å². The molecule has 2 amide bonds. The minimum atomic E-state index is -0.163. The van der Waals surface area contributed by atoms with Gasteiger partial charge in [-0.15, -0.1) is 0 Å². The molecule has 1 atom stereocenters. The van der Waals surface area contributed by atoms with Crippen molar-refractivity contribution in [1.29, 1.82) is 0 Å². The number of fused-ring (bicyclic) bond motifs is 1. The summed E-state index contributed by atoms with van der Waals surface area (Å²) in [4.78, 5) is 24.7. The number of amides is 2. The molecule has 0 bridgehead atoms. The molecule has 1 aliphatic heterocycles. The summed E-state index contributed by atoms with van der Waals surface area (Å²) in [6.07, 6.45) is 7.56. The third-order valence-electron chi connectivity index (χ3n) is 5.80. The zero-order valence-electron chi connectivity index (χ0n) is 16.2. The van der Waals surface area contributed by atoms with Crippen LogP contribution in [0, 0.1) is 5.92 Å². The molecule has 1 saturated carbocycles. The van der Waals surface area contributed by atoms with E-state index >= 15 is 0 Å². The van der Waals surface area contributed by atoms with Crippen molar-refractivity contribution in [3.05, 3.63) is 53.3 Å². The Morgan fingerprint density at radius 3 is 2.64 bits per heavy atom.